The third-order valence-corrected chi connectivity index (χ3v) is 2.80. The lowest BCUT2D eigenvalue weighted by molar-refractivity contribution is -0.384. The molecule has 21 heavy (non-hydrogen) atoms. The number of para-hydroxylation sites is 1. The number of rotatable bonds is 3. The first-order valence-corrected chi connectivity index (χ1v) is 6.05. The van der Waals surface area contributed by atoms with E-state index in [0.717, 1.165) is 0 Å². The zero-order valence-electron chi connectivity index (χ0n) is 11.1. The van der Waals surface area contributed by atoms with E-state index in [4.69, 9.17) is 0 Å². The first-order valence-electron chi connectivity index (χ1n) is 6.05. The van der Waals surface area contributed by atoms with Crippen LogP contribution in [0, 0.1) is 22.9 Å². The number of nitrogens with zero attached hydrogens (tertiary/aromatic N) is 1. The number of non-ortho nitro benzene ring substituents is 1. The monoisotopic (exact) mass is 289 g/mol. The van der Waals surface area contributed by atoms with Gasteiger partial charge >= 0.3 is 6.03 Å². The van der Waals surface area contributed by atoms with Crippen molar-refractivity contribution in [2.45, 2.75) is 6.92 Å². The molecule has 0 atom stereocenters. The highest BCUT2D eigenvalue weighted by atomic mass is 19.1. The fourth-order valence-electron chi connectivity index (χ4n) is 1.70. The molecule has 0 aliphatic rings. The maximum atomic E-state index is 13.4. The SMILES string of the molecule is Cc1ccc([N+](=O)[O-])cc1NC(=O)Nc1ccccc1F. The fourth-order valence-corrected chi connectivity index (χ4v) is 1.70. The van der Waals surface area contributed by atoms with Gasteiger partial charge in [-0.1, -0.05) is 18.2 Å². The molecule has 2 amide bonds. The van der Waals surface area contributed by atoms with Crippen LogP contribution in [0.3, 0.4) is 0 Å². The molecule has 108 valence electrons. The molecule has 0 saturated carbocycles. The number of amides is 2. The van der Waals surface area contributed by atoms with Crippen molar-refractivity contribution < 1.29 is 14.1 Å². The number of aryl methyl sites for hydroxylation is 1. The van der Waals surface area contributed by atoms with Gasteiger partial charge in [0.1, 0.15) is 5.82 Å². The summed E-state index contributed by atoms with van der Waals surface area (Å²) in [5, 5.41) is 15.5. The number of carbonyl (C=O) groups is 1. The molecule has 2 N–H and O–H groups in total. The minimum Gasteiger partial charge on any atom is -0.307 e. The average Bonchev–Trinajstić information content (AvgIpc) is 2.43. The van der Waals surface area contributed by atoms with Gasteiger partial charge in [-0.2, -0.15) is 0 Å². The summed E-state index contributed by atoms with van der Waals surface area (Å²) in [4.78, 5) is 22.0. The quantitative estimate of drug-likeness (QED) is 0.667. The maximum absolute atomic E-state index is 13.4. The Morgan fingerprint density at radius 1 is 1.14 bits per heavy atom. The molecular formula is C14H12FN3O3. The topological polar surface area (TPSA) is 84.3 Å². The zero-order valence-corrected chi connectivity index (χ0v) is 11.1. The van der Waals surface area contributed by atoms with E-state index >= 15 is 0 Å². The second-order valence-electron chi connectivity index (χ2n) is 4.32. The molecule has 2 aromatic carbocycles. The molecule has 7 heteroatoms. The van der Waals surface area contributed by atoms with E-state index in [0.29, 0.717) is 5.56 Å². The minimum absolute atomic E-state index is 0.0260. The van der Waals surface area contributed by atoms with Crippen LogP contribution in [0.1, 0.15) is 5.56 Å². The number of anilines is 2. The van der Waals surface area contributed by atoms with E-state index in [1.165, 1.54) is 36.4 Å². The highest BCUT2D eigenvalue weighted by molar-refractivity contribution is 6.00. The average molecular weight is 289 g/mol. The number of nitro benzene ring substituents is 1. The van der Waals surface area contributed by atoms with Gasteiger partial charge in [0.25, 0.3) is 5.69 Å². The molecule has 0 aliphatic carbocycles. The van der Waals surface area contributed by atoms with Crippen molar-refractivity contribution in [3.63, 3.8) is 0 Å². The van der Waals surface area contributed by atoms with Crippen LogP contribution in [0.25, 0.3) is 0 Å². The molecule has 0 spiro atoms. The molecule has 0 heterocycles. The standard InChI is InChI=1S/C14H12FN3O3/c1-9-6-7-10(18(20)21)8-13(9)17-14(19)16-12-5-3-2-4-11(12)15/h2-8H,1H3,(H2,16,17,19). The highest BCUT2D eigenvalue weighted by Crippen LogP contribution is 2.22. The first kappa shape index (κ1) is 14.4. The van der Waals surface area contributed by atoms with Crippen LogP contribution >= 0.6 is 0 Å². The van der Waals surface area contributed by atoms with Gasteiger partial charge in [0.05, 0.1) is 16.3 Å². The van der Waals surface area contributed by atoms with Crippen molar-refractivity contribution in [2.75, 3.05) is 10.6 Å². The van der Waals surface area contributed by atoms with Gasteiger partial charge in [-0.25, -0.2) is 9.18 Å². The summed E-state index contributed by atoms with van der Waals surface area (Å²) in [6.07, 6.45) is 0. The molecular weight excluding hydrogens is 277 g/mol. The van der Waals surface area contributed by atoms with Gasteiger partial charge in [-0.15, -0.1) is 0 Å². The molecule has 0 aromatic heterocycles. The maximum Gasteiger partial charge on any atom is 0.323 e. The summed E-state index contributed by atoms with van der Waals surface area (Å²) in [5.41, 5.74) is 0.835. The van der Waals surface area contributed by atoms with E-state index in [1.54, 1.807) is 13.0 Å². The number of halogens is 1. The van der Waals surface area contributed by atoms with Crippen molar-refractivity contribution in [3.8, 4) is 0 Å². The predicted molar refractivity (Wildman–Crippen MR) is 76.9 cm³/mol. The first-order chi connectivity index (χ1) is 9.97. The summed E-state index contributed by atoms with van der Waals surface area (Å²) in [6, 6.07) is 9.15. The van der Waals surface area contributed by atoms with E-state index in [1.807, 2.05) is 0 Å². The Morgan fingerprint density at radius 3 is 2.48 bits per heavy atom. The number of nitro groups is 1. The number of benzene rings is 2. The Hall–Kier alpha value is -2.96. The number of hydrogen-bond acceptors (Lipinski definition) is 3. The van der Waals surface area contributed by atoms with Crippen LogP contribution in [0.15, 0.2) is 42.5 Å². The Morgan fingerprint density at radius 2 is 1.81 bits per heavy atom. The van der Waals surface area contributed by atoms with Gasteiger partial charge in [-0.3, -0.25) is 10.1 Å². The summed E-state index contributed by atoms with van der Waals surface area (Å²) >= 11 is 0. The molecule has 0 saturated heterocycles. The van der Waals surface area contributed by atoms with Crippen LogP contribution in [-0.4, -0.2) is 11.0 Å². The van der Waals surface area contributed by atoms with E-state index in [-0.39, 0.29) is 17.1 Å². The third-order valence-electron chi connectivity index (χ3n) is 2.80. The number of hydrogen-bond donors (Lipinski definition) is 2. The summed E-state index contributed by atoms with van der Waals surface area (Å²) < 4.78 is 13.4. The summed E-state index contributed by atoms with van der Waals surface area (Å²) in [5.74, 6) is -0.566. The Labute approximate surface area is 119 Å². The highest BCUT2D eigenvalue weighted by Gasteiger charge is 2.12. The van der Waals surface area contributed by atoms with Crippen molar-refractivity contribution >= 4 is 23.1 Å². The molecule has 0 aliphatic heterocycles. The van der Waals surface area contributed by atoms with Crippen molar-refractivity contribution in [1.29, 1.82) is 0 Å². The molecule has 2 aromatic rings. The minimum atomic E-state index is -0.677. The lowest BCUT2D eigenvalue weighted by atomic mass is 10.2. The molecule has 0 unspecified atom stereocenters. The van der Waals surface area contributed by atoms with Crippen LogP contribution in [0.4, 0.5) is 26.2 Å². The molecule has 0 bridgehead atoms. The number of carbonyl (C=O) groups excluding carboxylic acids is 1. The van der Waals surface area contributed by atoms with E-state index in [9.17, 15) is 19.3 Å². The third kappa shape index (κ3) is 3.53. The summed E-state index contributed by atoms with van der Waals surface area (Å²) in [7, 11) is 0. The van der Waals surface area contributed by atoms with Gasteiger partial charge < -0.3 is 10.6 Å². The lowest BCUT2D eigenvalue weighted by Crippen LogP contribution is -2.20. The molecule has 6 nitrogen and oxygen atoms in total. The molecule has 0 radical (unpaired) electrons. The van der Waals surface area contributed by atoms with Gasteiger partial charge in [-0.05, 0) is 24.6 Å². The summed E-state index contributed by atoms with van der Waals surface area (Å²) in [6.45, 7) is 1.70. The second-order valence-corrected chi connectivity index (χ2v) is 4.32. The fraction of sp³-hybridized carbons (Fsp3) is 0.0714. The number of nitrogens with one attached hydrogen (secondary N) is 2. The Balaban J connectivity index is 2.15. The predicted octanol–water partition coefficient (Wildman–Crippen LogP) is 3.69. The van der Waals surface area contributed by atoms with Gasteiger partial charge in [0.2, 0.25) is 0 Å². The second kappa shape index (κ2) is 6.00. The van der Waals surface area contributed by atoms with Crippen LogP contribution in [0.2, 0.25) is 0 Å². The smallest absolute Gasteiger partial charge is 0.307 e. The Kier molecular flexibility index (Phi) is 4.13. The van der Waals surface area contributed by atoms with Gasteiger partial charge in [0.15, 0.2) is 0 Å². The van der Waals surface area contributed by atoms with Crippen LogP contribution in [0.5, 0.6) is 0 Å². The van der Waals surface area contributed by atoms with Crippen molar-refractivity contribution in [2.24, 2.45) is 0 Å². The Bertz CT molecular complexity index is 704. The largest absolute Gasteiger partial charge is 0.323 e. The lowest BCUT2D eigenvalue weighted by Gasteiger charge is -2.10. The van der Waals surface area contributed by atoms with Crippen LogP contribution < -0.4 is 10.6 Å². The van der Waals surface area contributed by atoms with Gasteiger partial charge in [0, 0.05) is 12.1 Å². The normalized spacial score (nSPS) is 10.0. The molecule has 2 rings (SSSR count). The van der Waals surface area contributed by atoms with E-state index in [2.05, 4.69) is 10.6 Å². The molecule has 0 fully saturated rings. The van der Waals surface area contributed by atoms with Crippen molar-refractivity contribution in [1.82, 2.24) is 0 Å². The zero-order chi connectivity index (χ0) is 15.4. The van der Waals surface area contributed by atoms with Crippen molar-refractivity contribution in [3.05, 3.63) is 64.0 Å². The van der Waals surface area contributed by atoms with Crippen LogP contribution in [-0.2, 0) is 0 Å². The van der Waals surface area contributed by atoms with E-state index < -0.39 is 16.8 Å². The number of urea groups is 1.